The van der Waals surface area contributed by atoms with E-state index in [-0.39, 0.29) is 18.4 Å². The number of nitriles is 1. The molecule has 0 bridgehead atoms. The zero-order chi connectivity index (χ0) is 22.0. The Hall–Kier alpha value is -2.92. The molecule has 8 heteroatoms. The van der Waals surface area contributed by atoms with Crippen molar-refractivity contribution in [2.75, 3.05) is 6.54 Å². The molecule has 0 aromatic carbocycles. The molecule has 3 aromatic rings. The van der Waals surface area contributed by atoms with Crippen molar-refractivity contribution in [3.63, 3.8) is 0 Å². The van der Waals surface area contributed by atoms with Gasteiger partial charge in [-0.05, 0) is 57.9 Å². The highest BCUT2D eigenvalue weighted by molar-refractivity contribution is 6.01. The topological polar surface area (TPSA) is 120 Å². The van der Waals surface area contributed by atoms with Crippen LogP contribution in [0.3, 0.4) is 0 Å². The number of rotatable bonds is 7. The number of hydrogen-bond acceptors (Lipinski definition) is 5. The van der Waals surface area contributed by atoms with Crippen LogP contribution in [0.15, 0.2) is 18.5 Å². The van der Waals surface area contributed by atoms with Crippen molar-refractivity contribution in [2.24, 2.45) is 5.92 Å². The predicted molar refractivity (Wildman–Crippen MR) is 118 cm³/mol. The van der Waals surface area contributed by atoms with Gasteiger partial charge in [0.25, 0.3) is 0 Å². The van der Waals surface area contributed by atoms with E-state index in [1.807, 2.05) is 12.3 Å². The van der Waals surface area contributed by atoms with Crippen molar-refractivity contribution in [3.8, 4) is 6.07 Å². The van der Waals surface area contributed by atoms with E-state index in [9.17, 15) is 9.90 Å². The van der Waals surface area contributed by atoms with E-state index < -0.39 is 5.60 Å². The lowest BCUT2D eigenvalue weighted by atomic mass is 9.84. The van der Waals surface area contributed by atoms with Crippen LogP contribution in [-0.4, -0.2) is 42.7 Å². The number of imidazole rings is 1. The van der Waals surface area contributed by atoms with E-state index in [1.54, 1.807) is 20.0 Å². The molecule has 1 saturated carbocycles. The van der Waals surface area contributed by atoms with Crippen molar-refractivity contribution in [1.82, 2.24) is 24.8 Å². The molecule has 31 heavy (non-hydrogen) atoms. The number of nitrogens with one attached hydrogen (secondary N) is 2. The van der Waals surface area contributed by atoms with Gasteiger partial charge in [0.2, 0.25) is 5.91 Å². The molecule has 0 unspecified atom stereocenters. The SMILES string of the molecule is CC(C)(O)CCNC(=O)Cc1nc2cnc3[nH]ccc3c2n1C1CCC(CC#N)CC1. The lowest BCUT2D eigenvalue weighted by molar-refractivity contribution is -0.120. The third-order valence-corrected chi connectivity index (χ3v) is 6.25. The molecule has 4 rings (SSSR count). The Morgan fingerprint density at radius 1 is 1.39 bits per heavy atom. The molecule has 0 spiro atoms. The Labute approximate surface area is 181 Å². The Balaban J connectivity index is 1.63. The summed E-state index contributed by atoms with van der Waals surface area (Å²) in [6.45, 7) is 3.89. The lowest BCUT2D eigenvalue weighted by Gasteiger charge is -2.30. The van der Waals surface area contributed by atoms with Gasteiger partial charge in [-0.3, -0.25) is 4.79 Å². The summed E-state index contributed by atoms with van der Waals surface area (Å²) in [4.78, 5) is 25.1. The fraction of sp³-hybridized carbons (Fsp3) is 0.565. The average Bonchev–Trinajstić information content (AvgIpc) is 3.31. The van der Waals surface area contributed by atoms with Gasteiger partial charge in [-0.2, -0.15) is 5.26 Å². The highest BCUT2D eigenvalue weighted by Gasteiger charge is 2.27. The first kappa shape index (κ1) is 21.3. The van der Waals surface area contributed by atoms with E-state index in [0.29, 0.717) is 25.3 Å². The van der Waals surface area contributed by atoms with Crippen LogP contribution in [0.1, 0.15) is 64.2 Å². The summed E-state index contributed by atoms with van der Waals surface area (Å²) in [6.07, 6.45) is 8.89. The first-order valence-electron chi connectivity index (χ1n) is 11.0. The third-order valence-electron chi connectivity index (χ3n) is 6.25. The van der Waals surface area contributed by atoms with Gasteiger partial charge in [-0.15, -0.1) is 0 Å². The largest absolute Gasteiger partial charge is 0.390 e. The van der Waals surface area contributed by atoms with Crippen LogP contribution in [-0.2, 0) is 11.2 Å². The zero-order valence-corrected chi connectivity index (χ0v) is 18.2. The number of aromatic amines is 1. The summed E-state index contributed by atoms with van der Waals surface area (Å²) in [5.74, 6) is 1.10. The molecular weight excluding hydrogens is 392 g/mol. The summed E-state index contributed by atoms with van der Waals surface area (Å²) in [6, 6.07) is 4.56. The summed E-state index contributed by atoms with van der Waals surface area (Å²) in [5, 5.41) is 22.8. The molecule has 3 N–H and O–H groups in total. The Morgan fingerprint density at radius 2 is 2.16 bits per heavy atom. The van der Waals surface area contributed by atoms with Crippen LogP contribution in [0.2, 0.25) is 0 Å². The predicted octanol–water partition coefficient (Wildman–Crippen LogP) is 3.38. The van der Waals surface area contributed by atoms with Crippen molar-refractivity contribution in [3.05, 3.63) is 24.3 Å². The van der Waals surface area contributed by atoms with E-state index in [2.05, 4.69) is 25.9 Å². The quantitative estimate of drug-likeness (QED) is 0.539. The molecule has 1 fully saturated rings. The zero-order valence-electron chi connectivity index (χ0n) is 18.2. The third kappa shape index (κ3) is 4.72. The van der Waals surface area contributed by atoms with E-state index in [4.69, 9.17) is 10.2 Å². The van der Waals surface area contributed by atoms with Gasteiger partial charge in [-0.1, -0.05) is 0 Å². The maximum atomic E-state index is 12.7. The second-order valence-corrected chi connectivity index (χ2v) is 9.26. The molecule has 1 amide bonds. The second-order valence-electron chi connectivity index (χ2n) is 9.26. The summed E-state index contributed by atoms with van der Waals surface area (Å²) >= 11 is 0. The van der Waals surface area contributed by atoms with Crippen LogP contribution in [0.25, 0.3) is 22.1 Å². The molecule has 0 radical (unpaired) electrons. The minimum atomic E-state index is -0.811. The minimum Gasteiger partial charge on any atom is -0.390 e. The van der Waals surface area contributed by atoms with Crippen molar-refractivity contribution < 1.29 is 9.90 Å². The normalized spacial score (nSPS) is 19.5. The first-order chi connectivity index (χ1) is 14.9. The van der Waals surface area contributed by atoms with Gasteiger partial charge >= 0.3 is 0 Å². The molecular formula is C23H30N6O2. The summed E-state index contributed by atoms with van der Waals surface area (Å²) in [7, 11) is 0. The Kier molecular flexibility index (Phi) is 5.96. The number of carbonyl (C=O) groups excluding carboxylic acids is 1. The molecule has 3 aromatic heterocycles. The van der Waals surface area contributed by atoms with Crippen LogP contribution < -0.4 is 5.32 Å². The Bertz CT molecular complexity index is 1110. The summed E-state index contributed by atoms with van der Waals surface area (Å²) < 4.78 is 2.24. The fourth-order valence-corrected chi connectivity index (χ4v) is 4.61. The number of aliphatic hydroxyl groups is 1. The van der Waals surface area contributed by atoms with Crippen molar-refractivity contribution in [2.45, 2.75) is 70.4 Å². The number of fused-ring (bicyclic) bond motifs is 3. The van der Waals surface area contributed by atoms with Crippen LogP contribution in [0.5, 0.6) is 0 Å². The summed E-state index contributed by atoms with van der Waals surface area (Å²) in [5.41, 5.74) is 1.82. The number of H-pyrrole nitrogens is 1. The molecule has 0 saturated heterocycles. The molecule has 164 valence electrons. The number of nitrogens with zero attached hydrogens (tertiary/aromatic N) is 4. The number of aromatic nitrogens is 4. The number of hydrogen-bond donors (Lipinski definition) is 3. The molecule has 0 atom stereocenters. The van der Waals surface area contributed by atoms with Gasteiger partial charge in [0.1, 0.15) is 17.0 Å². The molecule has 1 aliphatic rings. The highest BCUT2D eigenvalue weighted by atomic mass is 16.3. The Morgan fingerprint density at radius 3 is 2.87 bits per heavy atom. The lowest BCUT2D eigenvalue weighted by Crippen LogP contribution is -2.32. The standard InChI is InChI=1S/C23H30N6O2/c1-23(2,31)9-12-25-20(30)13-19-28-18-14-27-22-17(8-11-26-22)21(18)29(19)16-5-3-15(4-6-16)7-10-24/h8,11,14-16,31H,3-7,9,12-13H2,1-2H3,(H,25,30)(H,26,27). The fourth-order valence-electron chi connectivity index (χ4n) is 4.61. The van der Waals surface area contributed by atoms with E-state index >= 15 is 0 Å². The van der Waals surface area contributed by atoms with Gasteiger partial charge < -0.3 is 20.0 Å². The maximum absolute atomic E-state index is 12.7. The van der Waals surface area contributed by atoms with Crippen molar-refractivity contribution >= 4 is 28.0 Å². The van der Waals surface area contributed by atoms with E-state index in [0.717, 1.165) is 53.6 Å². The maximum Gasteiger partial charge on any atom is 0.227 e. The van der Waals surface area contributed by atoms with Crippen LogP contribution >= 0.6 is 0 Å². The van der Waals surface area contributed by atoms with Crippen LogP contribution in [0, 0.1) is 17.2 Å². The number of amides is 1. The second kappa shape index (κ2) is 8.67. The van der Waals surface area contributed by atoms with Gasteiger partial charge in [-0.25, -0.2) is 9.97 Å². The molecule has 8 nitrogen and oxygen atoms in total. The molecule has 3 heterocycles. The minimum absolute atomic E-state index is 0.0998. The smallest absolute Gasteiger partial charge is 0.227 e. The van der Waals surface area contributed by atoms with Gasteiger partial charge in [0.15, 0.2) is 0 Å². The number of pyridine rings is 1. The van der Waals surface area contributed by atoms with Gasteiger partial charge in [0, 0.05) is 30.6 Å². The van der Waals surface area contributed by atoms with Crippen LogP contribution in [0.4, 0.5) is 0 Å². The monoisotopic (exact) mass is 422 g/mol. The van der Waals surface area contributed by atoms with E-state index in [1.165, 1.54) is 0 Å². The van der Waals surface area contributed by atoms with Gasteiger partial charge in [0.05, 0.1) is 29.8 Å². The first-order valence-corrected chi connectivity index (χ1v) is 11.0. The average molecular weight is 423 g/mol. The van der Waals surface area contributed by atoms with Crippen molar-refractivity contribution in [1.29, 1.82) is 5.26 Å². The highest BCUT2D eigenvalue weighted by Crippen LogP contribution is 2.37. The number of carbonyl (C=O) groups is 1. The molecule has 1 aliphatic carbocycles. The molecule has 0 aliphatic heterocycles.